The predicted octanol–water partition coefficient (Wildman–Crippen LogP) is 2.82. The van der Waals surface area contributed by atoms with Gasteiger partial charge in [0.2, 0.25) is 5.13 Å². The third kappa shape index (κ3) is 3.15. The van der Waals surface area contributed by atoms with Crippen molar-refractivity contribution in [2.45, 2.75) is 19.4 Å². The van der Waals surface area contributed by atoms with E-state index >= 15 is 0 Å². The van der Waals surface area contributed by atoms with E-state index in [1.165, 1.54) is 11.5 Å². The molecule has 3 aromatic rings. The number of hydrogen-bond donors (Lipinski definition) is 2. The Labute approximate surface area is 143 Å². The molecule has 1 aliphatic heterocycles. The highest BCUT2D eigenvalue weighted by Crippen LogP contribution is 2.33. The summed E-state index contributed by atoms with van der Waals surface area (Å²) in [6.45, 7) is 3.39. The molecule has 1 aliphatic rings. The van der Waals surface area contributed by atoms with E-state index in [9.17, 15) is 0 Å². The molecule has 0 spiro atoms. The van der Waals surface area contributed by atoms with Crippen molar-refractivity contribution in [1.82, 2.24) is 24.5 Å². The number of H-pyrrole nitrogens is 1. The van der Waals surface area contributed by atoms with Gasteiger partial charge in [0, 0.05) is 36.2 Å². The highest BCUT2D eigenvalue weighted by molar-refractivity contribution is 7.09. The lowest BCUT2D eigenvalue weighted by Gasteiger charge is -2.15. The SMILES string of the molecule is Cc1nc([C@@H]2OCC[C@@H]2CNc2nc(-c3ccccc3)ns2)n[nH]1. The fourth-order valence-electron chi connectivity index (χ4n) is 2.83. The standard InChI is InChI=1S/C16H18N6OS/c1-10-18-15(21-20-10)13-12(7-8-23-13)9-17-16-19-14(22-24-16)11-5-3-2-4-6-11/h2-6,12-13H,7-9H2,1H3,(H,17,19,22)(H,18,20,21)/t12-,13-/m1/s1. The van der Waals surface area contributed by atoms with Gasteiger partial charge in [-0.25, -0.2) is 4.98 Å². The molecular formula is C16H18N6OS. The molecule has 2 atom stereocenters. The number of benzene rings is 1. The maximum Gasteiger partial charge on any atom is 0.202 e. The molecule has 1 fully saturated rings. The third-order valence-corrected chi connectivity index (χ3v) is 4.73. The fourth-order valence-corrected chi connectivity index (χ4v) is 3.43. The lowest BCUT2D eigenvalue weighted by atomic mass is 10.0. The summed E-state index contributed by atoms with van der Waals surface area (Å²) in [5.41, 5.74) is 1.03. The first-order valence-electron chi connectivity index (χ1n) is 7.93. The Morgan fingerprint density at radius 2 is 2.17 bits per heavy atom. The molecule has 3 heterocycles. The Morgan fingerprint density at radius 1 is 1.29 bits per heavy atom. The van der Waals surface area contributed by atoms with E-state index in [0.717, 1.165) is 47.7 Å². The number of nitrogens with one attached hydrogen (secondary N) is 2. The van der Waals surface area contributed by atoms with Crippen molar-refractivity contribution in [3.8, 4) is 11.4 Å². The van der Waals surface area contributed by atoms with Gasteiger partial charge in [-0.1, -0.05) is 30.3 Å². The number of nitrogens with zero attached hydrogens (tertiary/aromatic N) is 4. The largest absolute Gasteiger partial charge is 0.370 e. The molecule has 4 rings (SSSR count). The first-order chi connectivity index (χ1) is 11.8. The van der Waals surface area contributed by atoms with Crippen molar-refractivity contribution in [2.75, 3.05) is 18.5 Å². The molecule has 1 aromatic carbocycles. The number of hydrogen-bond acceptors (Lipinski definition) is 7. The van der Waals surface area contributed by atoms with Crippen LogP contribution in [0.3, 0.4) is 0 Å². The molecule has 0 bridgehead atoms. The molecule has 0 saturated carbocycles. The average molecular weight is 342 g/mol. The van der Waals surface area contributed by atoms with Crippen LogP contribution >= 0.6 is 11.5 Å². The Morgan fingerprint density at radius 3 is 2.96 bits per heavy atom. The third-order valence-electron chi connectivity index (χ3n) is 4.06. The summed E-state index contributed by atoms with van der Waals surface area (Å²) in [5.74, 6) is 2.62. The molecule has 7 nitrogen and oxygen atoms in total. The molecule has 0 radical (unpaired) electrons. The molecule has 2 N–H and O–H groups in total. The van der Waals surface area contributed by atoms with E-state index in [2.05, 4.69) is 29.9 Å². The molecule has 124 valence electrons. The summed E-state index contributed by atoms with van der Waals surface area (Å²) < 4.78 is 10.2. The van der Waals surface area contributed by atoms with Crippen LogP contribution in [0.1, 0.15) is 24.2 Å². The number of rotatable bonds is 5. The number of aromatic nitrogens is 5. The smallest absolute Gasteiger partial charge is 0.202 e. The second-order valence-corrected chi connectivity index (χ2v) is 6.54. The van der Waals surface area contributed by atoms with E-state index < -0.39 is 0 Å². The van der Waals surface area contributed by atoms with Crippen LogP contribution in [-0.2, 0) is 4.74 Å². The van der Waals surface area contributed by atoms with Crippen molar-refractivity contribution < 1.29 is 4.74 Å². The van der Waals surface area contributed by atoms with Gasteiger partial charge in [0.1, 0.15) is 11.9 Å². The van der Waals surface area contributed by atoms with Crippen LogP contribution < -0.4 is 5.32 Å². The molecule has 0 amide bonds. The minimum Gasteiger partial charge on any atom is -0.370 e. The van der Waals surface area contributed by atoms with Gasteiger partial charge >= 0.3 is 0 Å². The van der Waals surface area contributed by atoms with Crippen LogP contribution in [-0.4, -0.2) is 37.7 Å². The van der Waals surface area contributed by atoms with Gasteiger partial charge in [-0.2, -0.15) is 14.5 Å². The summed E-state index contributed by atoms with van der Waals surface area (Å²) >= 11 is 1.38. The Hall–Kier alpha value is -2.32. The first-order valence-corrected chi connectivity index (χ1v) is 8.70. The molecule has 0 unspecified atom stereocenters. The monoisotopic (exact) mass is 342 g/mol. The minimum atomic E-state index is -0.0658. The van der Waals surface area contributed by atoms with Gasteiger partial charge in [0.25, 0.3) is 0 Å². The quantitative estimate of drug-likeness (QED) is 0.741. The molecule has 8 heteroatoms. The number of anilines is 1. The second kappa shape index (κ2) is 6.66. The molecule has 24 heavy (non-hydrogen) atoms. The van der Waals surface area contributed by atoms with Gasteiger partial charge in [-0.3, -0.25) is 5.10 Å². The van der Waals surface area contributed by atoms with Crippen LogP contribution in [0.2, 0.25) is 0 Å². The normalized spacial score (nSPS) is 20.4. The summed E-state index contributed by atoms with van der Waals surface area (Å²) in [7, 11) is 0. The Bertz CT molecular complexity index is 802. The van der Waals surface area contributed by atoms with Gasteiger partial charge in [0.15, 0.2) is 11.6 Å². The highest BCUT2D eigenvalue weighted by Gasteiger charge is 2.32. The zero-order valence-electron chi connectivity index (χ0n) is 13.3. The molecule has 0 aliphatic carbocycles. The zero-order chi connectivity index (χ0) is 16.4. The van der Waals surface area contributed by atoms with Crippen LogP contribution in [0.25, 0.3) is 11.4 Å². The fraction of sp³-hybridized carbons (Fsp3) is 0.375. The summed E-state index contributed by atoms with van der Waals surface area (Å²) in [6.07, 6.45) is 0.916. The Kier molecular flexibility index (Phi) is 4.22. The van der Waals surface area contributed by atoms with Crippen LogP contribution in [0.5, 0.6) is 0 Å². The Balaban J connectivity index is 1.41. The number of aryl methyl sites for hydroxylation is 1. The van der Waals surface area contributed by atoms with Crippen LogP contribution in [0.4, 0.5) is 5.13 Å². The van der Waals surface area contributed by atoms with E-state index in [1.807, 2.05) is 37.3 Å². The maximum absolute atomic E-state index is 5.81. The molecular weight excluding hydrogens is 324 g/mol. The number of ether oxygens (including phenoxy) is 1. The lowest BCUT2D eigenvalue weighted by Crippen LogP contribution is -2.18. The van der Waals surface area contributed by atoms with Gasteiger partial charge in [0.05, 0.1) is 0 Å². The van der Waals surface area contributed by atoms with Gasteiger partial charge in [-0.15, -0.1) is 0 Å². The van der Waals surface area contributed by atoms with Crippen molar-refractivity contribution >= 4 is 16.7 Å². The second-order valence-electron chi connectivity index (χ2n) is 5.79. The maximum atomic E-state index is 5.81. The van der Waals surface area contributed by atoms with Crippen molar-refractivity contribution in [1.29, 1.82) is 0 Å². The average Bonchev–Trinajstić information content (AvgIpc) is 3.34. The summed E-state index contributed by atoms with van der Waals surface area (Å²) in [6, 6.07) is 9.99. The van der Waals surface area contributed by atoms with E-state index in [-0.39, 0.29) is 6.10 Å². The van der Waals surface area contributed by atoms with Crippen molar-refractivity contribution in [3.05, 3.63) is 42.0 Å². The predicted molar refractivity (Wildman–Crippen MR) is 91.8 cm³/mol. The van der Waals surface area contributed by atoms with Crippen LogP contribution in [0.15, 0.2) is 30.3 Å². The number of aromatic amines is 1. The minimum absolute atomic E-state index is 0.0658. The topological polar surface area (TPSA) is 88.6 Å². The first kappa shape index (κ1) is 15.2. The van der Waals surface area contributed by atoms with Crippen molar-refractivity contribution in [3.63, 3.8) is 0 Å². The zero-order valence-corrected chi connectivity index (χ0v) is 14.1. The lowest BCUT2D eigenvalue weighted by molar-refractivity contribution is 0.0864. The van der Waals surface area contributed by atoms with E-state index in [1.54, 1.807) is 0 Å². The molecule has 2 aromatic heterocycles. The highest BCUT2D eigenvalue weighted by atomic mass is 32.1. The van der Waals surface area contributed by atoms with Crippen LogP contribution in [0, 0.1) is 12.8 Å². The van der Waals surface area contributed by atoms with Crippen molar-refractivity contribution in [2.24, 2.45) is 5.92 Å². The van der Waals surface area contributed by atoms with Gasteiger partial charge < -0.3 is 10.1 Å². The van der Waals surface area contributed by atoms with E-state index in [4.69, 9.17) is 4.74 Å². The summed E-state index contributed by atoms with van der Waals surface area (Å²) in [5, 5.41) is 11.3. The van der Waals surface area contributed by atoms with E-state index in [0.29, 0.717) is 5.92 Å². The summed E-state index contributed by atoms with van der Waals surface area (Å²) in [4.78, 5) is 8.96. The molecule has 1 saturated heterocycles. The van der Waals surface area contributed by atoms with Gasteiger partial charge in [-0.05, 0) is 13.3 Å².